The maximum absolute atomic E-state index is 11.7. The maximum atomic E-state index is 11.7. The van der Waals surface area contributed by atoms with E-state index in [4.69, 9.17) is 4.74 Å². The lowest BCUT2D eigenvalue weighted by Gasteiger charge is -2.11. The molecule has 1 fully saturated rings. The Morgan fingerprint density at radius 2 is 2.17 bits per heavy atom. The van der Waals surface area contributed by atoms with Crippen LogP contribution in [0.4, 0.5) is 0 Å². The van der Waals surface area contributed by atoms with Crippen LogP contribution in [0.25, 0.3) is 0 Å². The van der Waals surface area contributed by atoms with Gasteiger partial charge in [0.25, 0.3) is 0 Å². The number of rotatable bonds is 7. The molecular weight excluding hydrogens is 258 g/mol. The number of nitrogens with one attached hydrogen (secondary N) is 3. The Bertz CT molecular complexity index is 371. The van der Waals surface area contributed by atoms with Crippen molar-refractivity contribution in [1.29, 1.82) is 0 Å². The second-order valence-corrected chi connectivity index (χ2v) is 6.20. The van der Waals surface area contributed by atoms with Gasteiger partial charge >= 0.3 is 0 Å². The molecule has 18 heavy (non-hydrogen) atoms. The normalized spacial score (nSPS) is 24.1. The molecule has 7 nitrogen and oxygen atoms in total. The first-order valence-corrected chi connectivity index (χ1v) is 7.80. The molecule has 8 heteroatoms. The zero-order chi connectivity index (χ0) is 13.6. The van der Waals surface area contributed by atoms with Crippen molar-refractivity contribution in [1.82, 2.24) is 15.4 Å². The molecule has 1 amide bonds. The van der Waals surface area contributed by atoms with Crippen LogP contribution in [0.2, 0.25) is 0 Å². The molecule has 0 radical (unpaired) electrons. The second-order valence-electron chi connectivity index (χ2n) is 4.37. The number of ether oxygens (including phenoxy) is 1. The van der Waals surface area contributed by atoms with E-state index in [9.17, 15) is 13.2 Å². The Kier molecular flexibility index (Phi) is 6.00. The summed E-state index contributed by atoms with van der Waals surface area (Å²) in [5, 5.41) is 5.84. The van der Waals surface area contributed by atoms with Crippen LogP contribution < -0.4 is 15.4 Å². The highest BCUT2D eigenvalue weighted by Gasteiger charge is 2.28. The van der Waals surface area contributed by atoms with Gasteiger partial charge in [-0.2, -0.15) is 0 Å². The zero-order valence-electron chi connectivity index (χ0n) is 10.7. The molecule has 1 saturated heterocycles. The minimum atomic E-state index is -3.14. The molecule has 0 saturated carbocycles. The van der Waals surface area contributed by atoms with E-state index in [-0.39, 0.29) is 18.1 Å². The lowest BCUT2D eigenvalue weighted by atomic mass is 10.2. The standard InChI is InChI=1S/C10H21N3O4S/c1-17-8-6-9(12-7-8)10(14)11-4-3-5-13-18(2,15)16/h8-9,12-13H,3-7H2,1-2H3,(H,11,14). The van der Waals surface area contributed by atoms with Gasteiger partial charge in [0.05, 0.1) is 18.4 Å². The molecule has 2 atom stereocenters. The van der Waals surface area contributed by atoms with Gasteiger partial charge in [0, 0.05) is 26.7 Å². The van der Waals surface area contributed by atoms with Crippen molar-refractivity contribution in [2.75, 3.05) is 33.0 Å². The lowest BCUT2D eigenvalue weighted by Crippen LogP contribution is -2.41. The molecule has 0 bridgehead atoms. The molecule has 0 aromatic heterocycles. The third kappa shape index (κ3) is 5.76. The first-order chi connectivity index (χ1) is 8.42. The van der Waals surface area contributed by atoms with Crippen LogP contribution in [0.3, 0.4) is 0 Å². The zero-order valence-corrected chi connectivity index (χ0v) is 11.5. The highest BCUT2D eigenvalue weighted by atomic mass is 32.2. The Morgan fingerprint density at radius 1 is 1.44 bits per heavy atom. The van der Waals surface area contributed by atoms with Crippen molar-refractivity contribution >= 4 is 15.9 Å². The summed E-state index contributed by atoms with van der Waals surface area (Å²) in [4.78, 5) is 11.7. The number of hydrogen-bond acceptors (Lipinski definition) is 5. The molecule has 1 heterocycles. The van der Waals surface area contributed by atoms with E-state index in [2.05, 4.69) is 15.4 Å². The number of sulfonamides is 1. The van der Waals surface area contributed by atoms with Crippen molar-refractivity contribution < 1.29 is 17.9 Å². The summed E-state index contributed by atoms with van der Waals surface area (Å²) < 4.78 is 29.1. The molecular formula is C10H21N3O4S. The van der Waals surface area contributed by atoms with Crippen LogP contribution in [-0.4, -0.2) is 59.5 Å². The minimum Gasteiger partial charge on any atom is -0.380 e. The first kappa shape index (κ1) is 15.4. The predicted molar refractivity (Wildman–Crippen MR) is 67.7 cm³/mol. The Hall–Kier alpha value is -0.700. The van der Waals surface area contributed by atoms with E-state index < -0.39 is 10.0 Å². The van der Waals surface area contributed by atoms with Crippen LogP contribution in [0, 0.1) is 0 Å². The van der Waals surface area contributed by atoms with Gasteiger partial charge in [-0.1, -0.05) is 0 Å². The van der Waals surface area contributed by atoms with E-state index in [1.165, 1.54) is 0 Å². The molecule has 0 aliphatic carbocycles. The number of carbonyl (C=O) groups excluding carboxylic acids is 1. The fourth-order valence-electron chi connectivity index (χ4n) is 1.76. The van der Waals surface area contributed by atoms with E-state index in [1.807, 2.05) is 0 Å². The number of hydrogen-bond donors (Lipinski definition) is 3. The number of methoxy groups -OCH3 is 1. The van der Waals surface area contributed by atoms with Gasteiger partial charge < -0.3 is 15.4 Å². The smallest absolute Gasteiger partial charge is 0.237 e. The highest BCUT2D eigenvalue weighted by molar-refractivity contribution is 7.88. The topological polar surface area (TPSA) is 96.5 Å². The Balaban J connectivity index is 2.11. The minimum absolute atomic E-state index is 0.0612. The average molecular weight is 279 g/mol. The summed E-state index contributed by atoms with van der Waals surface area (Å²) in [5.41, 5.74) is 0. The van der Waals surface area contributed by atoms with Gasteiger partial charge in [0.2, 0.25) is 15.9 Å². The number of amides is 1. The molecule has 0 spiro atoms. The molecule has 0 aromatic carbocycles. The predicted octanol–water partition coefficient (Wildman–Crippen LogP) is -1.58. The van der Waals surface area contributed by atoms with Crippen LogP contribution in [0.15, 0.2) is 0 Å². The third-order valence-electron chi connectivity index (χ3n) is 2.76. The summed E-state index contributed by atoms with van der Waals surface area (Å²) >= 11 is 0. The van der Waals surface area contributed by atoms with Crippen molar-refractivity contribution in [2.24, 2.45) is 0 Å². The molecule has 1 rings (SSSR count). The summed E-state index contributed by atoms with van der Waals surface area (Å²) in [7, 11) is -1.51. The van der Waals surface area contributed by atoms with Crippen LogP contribution in [0.1, 0.15) is 12.8 Å². The molecule has 3 N–H and O–H groups in total. The van der Waals surface area contributed by atoms with Crippen molar-refractivity contribution in [3.05, 3.63) is 0 Å². The maximum Gasteiger partial charge on any atom is 0.237 e. The van der Waals surface area contributed by atoms with E-state index in [1.54, 1.807) is 7.11 Å². The van der Waals surface area contributed by atoms with Crippen molar-refractivity contribution in [3.63, 3.8) is 0 Å². The van der Waals surface area contributed by atoms with Crippen LogP contribution in [0.5, 0.6) is 0 Å². The van der Waals surface area contributed by atoms with Crippen molar-refractivity contribution in [3.8, 4) is 0 Å². The van der Waals surface area contributed by atoms with Crippen molar-refractivity contribution in [2.45, 2.75) is 25.0 Å². The van der Waals surface area contributed by atoms with E-state index in [0.29, 0.717) is 32.5 Å². The fourth-order valence-corrected chi connectivity index (χ4v) is 2.28. The molecule has 2 unspecified atom stereocenters. The Morgan fingerprint density at radius 3 is 2.72 bits per heavy atom. The first-order valence-electron chi connectivity index (χ1n) is 5.91. The number of carbonyl (C=O) groups is 1. The van der Waals surface area contributed by atoms with E-state index in [0.717, 1.165) is 6.26 Å². The lowest BCUT2D eigenvalue weighted by molar-refractivity contribution is -0.122. The summed E-state index contributed by atoms with van der Waals surface area (Å²) in [5.74, 6) is -0.0612. The third-order valence-corrected chi connectivity index (χ3v) is 3.49. The molecule has 0 aromatic rings. The molecule has 1 aliphatic rings. The molecule has 1 aliphatic heterocycles. The average Bonchev–Trinajstić information content (AvgIpc) is 2.75. The van der Waals surface area contributed by atoms with Gasteiger partial charge in [0.15, 0.2) is 0 Å². The Labute approximate surface area is 108 Å². The summed E-state index contributed by atoms with van der Waals surface area (Å²) in [6, 6.07) is -0.210. The van der Waals surface area contributed by atoms with Gasteiger partial charge in [-0.05, 0) is 12.8 Å². The molecule has 106 valence electrons. The summed E-state index contributed by atoms with van der Waals surface area (Å²) in [6.45, 7) is 1.47. The van der Waals surface area contributed by atoms with Gasteiger partial charge in [-0.3, -0.25) is 4.79 Å². The highest BCUT2D eigenvalue weighted by Crippen LogP contribution is 2.09. The van der Waals surface area contributed by atoms with E-state index >= 15 is 0 Å². The summed E-state index contributed by atoms with van der Waals surface area (Å²) in [6.07, 6.45) is 2.44. The SMILES string of the molecule is COC1CNC(C(=O)NCCCNS(C)(=O)=O)C1. The monoisotopic (exact) mass is 279 g/mol. The van der Waals surface area contributed by atoms with Gasteiger partial charge in [-0.15, -0.1) is 0 Å². The van der Waals surface area contributed by atoms with Gasteiger partial charge in [0.1, 0.15) is 0 Å². The van der Waals surface area contributed by atoms with Crippen LogP contribution >= 0.6 is 0 Å². The second kappa shape index (κ2) is 7.03. The quantitative estimate of drug-likeness (QED) is 0.489. The largest absolute Gasteiger partial charge is 0.380 e. The fraction of sp³-hybridized carbons (Fsp3) is 0.900. The van der Waals surface area contributed by atoms with Crippen LogP contribution in [-0.2, 0) is 19.6 Å². The van der Waals surface area contributed by atoms with Gasteiger partial charge in [-0.25, -0.2) is 13.1 Å².